The highest BCUT2D eigenvalue weighted by Gasteiger charge is 2.70. The number of fused-ring (bicyclic) bond motifs is 4. The van der Waals surface area contributed by atoms with E-state index in [1.807, 2.05) is 0 Å². The number of nitrogens with zero attached hydrogens (tertiary/aromatic N) is 1. The molecule has 4 atom stereocenters. The maximum Gasteiger partial charge on any atom is 0.241 e. The molecule has 4 fully saturated rings. The Morgan fingerprint density at radius 1 is 1.23 bits per heavy atom. The van der Waals surface area contributed by atoms with Crippen molar-refractivity contribution in [2.24, 2.45) is 11.8 Å². The Morgan fingerprint density at radius 3 is 2.88 bits per heavy atom. The van der Waals surface area contributed by atoms with Crippen LogP contribution in [0.5, 0.6) is 0 Å². The molecule has 2 aromatic rings. The summed E-state index contributed by atoms with van der Waals surface area (Å²) in [6.45, 7) is 9.14. The Labute approximate surface area is 154 Å². The van der Waals surface area contributed by atoms with Crippen molar-refractivity contribution in [3.05, 3.63) is 35.5 Å². The van der Waals surface area contributed by atoms with E-state index in [1.54, 1.807) is 0 Å². The number of piperidine rings is 2. The molecule has 1 aromatic carbocycles. The summed E-state index contributed by atoms with van der Waals surface area (Å²) in [5.41, 5.74) is 3.68. The van der Waals surface area contributed by atoms with Crippen molar-refractivity contribution in [2.75, 3.05) is 13.1 Å². The molecule has 1 amide bonds. The van der Waals surface area contributed by atoms with Gasteiger partial charge in [-0.05, 0) is 49.3 Å². The standard InChI is InChI=1S/C22H27N3O/c1-13-8-9-25-12-21-10-15-14-6-4-5-7-16(14)23-18(15)20(2,3)17(21)11-22(13,25)19(26)24-21/h4-7,13,17,23H,8-12H2,1-3H3,(H,24,26)/t13-,17+,21-,22-/m0/s1. The van der Waals surface area contributed by atoms with Gasteiger partial charge in [-0.2, -0.15) is 0 Å². The number of rotatable bonds is 0. The topological polar surface area (TPSA) is 48.1 Å². The third-order valence-corrected chi connectivity index (χ3v) is 8.44. The van der Waals surface area contributed by atoms with E-state index >= 15 is 0 Å². The second kappa shape index (κ2) is 4.36. The predicted octanol–water partition coefficient (Wildman–Crippen LogP) is 2.97. The highest BCUT2D eigenvalue weighted by Crippen LogP contribution is 2.59. The molecule has 5 aliphatic rings. The molecule has 1 aliphatic carbocycles. The Bertz CT molecular complexity index is 959. The quantitative estimate of drug-likeness (QED) is 0.768. The van der Waals surface area contributed by atoms with Crippen molar-refractivity contribution in [3.63, 3.8) is 0 Å². The number of hydrogen-bond acceptors (Lipinski definition) is 2. The highest BCUT2D eigenvalue weighted by atomic mass is 16.2. The van der Waals surface area contributed by atoms with Crippen LogP contribution in [0.25, 0.3) is 10.9 Å². The molecule has 0 saturated carbocycles. The van der Waals surface area contributed by atoms with Gasteiger partial charge < -0.3 is 10.3 Å². The van der Waals surface area contributed by atoms with Crippen LogP contribution in [-0.4, -0.2) is 40.0 Å². The summed E-state index contributed by atoms with van der Waals surface area (Å²) >= 11 is 0. The molecule has 0 radical (unpaired) electrons. The smallest absolute Gasteiger partial charge is 0.241 e. The Morgan fingerprint density at radius 2 is 2.04 bits per heavy atom. The van der Waals surface area contributed by atoms with Gasteiger partial charge in [0.05, 0.1) is 5.54 Å². The van der Waals surface area contributed by atoms with Gasteiger partial charge in [0.2, 0.25) is 5.91 Å². The average Bonchev–Trinajstić information content (AvgIpc) is 3.14. The van der Waals surface area contributed by atoms with Crippen LogP contribution in [0.3, 0.4) is 0 Å². The minimum absolute atomic E-state index is 0.0295. The normalized spacial score (nSPS) is 40.2. The molecule has 2 N–H and O–H groups in total. The molecule has 4 nitrogen and oxygen atoms in total. The van der Waals surface area contributed by atoms with Crippen LogP contribution in [0.1, 0.15) is 44.9 Å². The van der Waals surface area contributed by atoms with Crippen molar-refractivity contribution in [2.45, 2.75) is 56.5 Å². The first-order valence-electron chi connectivity index (χ1n) is 10.1. The second-order valence-corrected chi connectivity index (χ2v) is 9.83. The number of H-pyrrole nitrogens is 1. The Balaban J connectivity index is 1.59. The van der Waals surface area contributed by atoms with Crippen molar-refractivity contribution >= 4 is 16.8 Å². The zero-order valence-electron chi connectivity index (χ0n) is 15.9. The van der Waals surface area contributed by atoms with E-state index in [2.05, 4.69) is 60.2 Å². The van der Waals surface area contributed by atoms with Crippen molar-refractivity contribution in [1.29, 1.82) is 0 Å². The monoisotopic (exact) mass is 349 g/mol. The number of benzene rings is 1. The van der Waals surface area contributed by atoms with Gasteiger partial charge in [0.1, 0.15) is 5.54 Å². The largest absolute Gasteiger partial charge is 0.358 e. The fourth-order valence-electron chi connectivity index (χ4n) is 7.12. The molecule has 0 unspecified atom stereocenters. The van der Waals surface area contributed by atoms with E-state index in [9.17, 15) is 4.79 Å². The highest BCUT2D eigenvalue weighted by molar-refractivity contribution is 5.91. The molecule has 4 heteroatoms. The van der Waals surface area contributed by atoms with Gasteiger partial charge in [0, 0.05) is 28.6 Å². The zero-order chi connectivity index (χ0) is 17.9. The SMILES string of the molecule is C[C@H]1CCN2C[C@@]34Cc5c([nH]c6ccccc56)C(C)(C)[C@H]3C[C@@]12C(=O)N4. The van der Waals surface area contributed by atoms with Crippen LogP contribution in [0.2, 0.25) is 0 Å². The van der Waals surface area contributed by atoms with Gasteiger partial charge in [0.25, 0.3) is 0 Å². The summed E-state index contributed by atoms with van der Waals surface area (Å²) < 4.78 is 0. The summed E-state index contributed by atoms with van der Waals surface area (Å²) in [6.07, 6.45) is 3.10. The van der Waals surface area contributed by atoms with Gasteiger partial charge in [-0.1, -0.05) is 39.0 Å². The van der Waals surface area contributed by atoms with Crippen LogP contribution >= 0.6 is 0 Å². The van der Waals surface area contributed by atoms with E-state index in [0.29, 0.717) is 17.7 Å². The molecule has 1 aromatic heterocycles. The number of para-hydroxylation sites is 1. The Kier molecular flexibility index (Phi) is 2.56. The summed E-state index contributed by atoms with van der Waals surface area (Å²) in [5, 5.41) is 4.91. The lowest BCUT2D eigenvalue weighted by Gasteiger charge is -2.66. The lowest BCUT2D eigenvalue weighted by molar-refractivity contribution is -0.164. The number of nitrogens with one attached hydrogen (secondary N) is 2. The Hall–Kier alpha value is -1.81. The number of carbonyl (C=O) groups is 1. The molecule has 136 valence electrons. The summed E-state index contributed by atoms with van der Waals surface area (Å²) in [7, 11) is 0. The van der Waals surface area contributed by atoms with E-state index in [0.717, 1.165) is 32.4 Å². The molecule has 4 aliphatic heterocycles. The van der Waals surface area contributed by atoms with Gasteiger partial charge >= 0.3 is 0 Å². The minimum atomic E-state index is -0.271. The van der Waals surface area contributed by atoms with Crippen LogP contribution in [0, 0.1) is 11.8 Å². The van der Waals surface area contributed by atoms with Crippen molar-refractivity contribution in [1.82, 2.24) is 15.2 Å². The van der Waals surface area contributed by atoms with E-state index in [4.69, 9.17) is 0 Å². The first-order chi connectivity index (χ1) is 12.4. The average molecular weight is 349 g/mol. The fraction of sp³-hybridized carbons (Fsp3) is 0.591. The second-order valence-electron chi connectivity index (χ2n) is 9.83. The molecule has 4 saturated heterocycles. The maximum atomic E-state index is 13.3. The predicted molar refractivity (Wildman–Crippen MR) is 102 cm³/mol. The first-order valence-corrected chi connectivity index (χ1v) is 10.1. The van der Waals surface area contributed by atoms with Gasteiger partial charge in [-0.15, -0.1) is 0 Å². The van der Waals surface area contributed by atoms with Crippen molar-refractivity contribution < 1.29 is 4.79 Å². The number of aromatic nitrogens is 1. The van der Waals surface area contributed by atoms with Gasteiger partial charge in [-0.25, -0.2) is 0 Å². The first kappa shape index (κ1) is 15.3. The van der Waals surface area contributed by atoms with Crippen molar-refractivity contribution in [3.8, 4) is 0 Å². The van der Waals surface area contributed by atoms with Crippen LogP contribution < -0.4 is 5.32 Å². The van der Waals surface area contributed by atoms with E-state index < -0.39 is 0 Å². The summed E-state index contributed by atoms with van der Waals surface area (Å²) in [5.74, 6) is 1.22. The molecular formula is C22H27N3O. The third kappa shape index (κ3) is 1.47. The van der Waals surface area contributed by atoms with Crippen LogP contribution in [0.4, 0.5) is 0 Å². The molecule has 2 spiro atoms. The van der Waals surface area contributed by atoms with Gasteiger partial charge in [-0.3, -0.25) is 9.69 Å². The number of aromatic amines is 1. The zero-order valence-corrected chi connectivity index (χ0v) is 15.9. The number of amides is 1. The number of hydrogen-bond donors (Lipinski definition) is 2. The fourth-order valence-corrected chi connectivity index (χ4v) is 7.12. The van der Waals surface area contributed by atoms with E-state index in [-0.39, 0.29) is 16.5 Å². The molecule has 26 heavy (non-hydrogen) atoms. The molecule has 5 heterocycles. The molecule has 7 rings (SSSR count). The molecular weight excluding hydrogens is 322 g/mol. The van der Waals surface area contributed by atoms with Gasteiger partial charge in [0.15, 0.2) is 0 Å². The lowest BCUT2D eigenvalue weighted by atomic mass is 9.51. The number of piperazine rings is 1. The maximum absolute atomic E-state index is 13.3. The van der Waals surface area contributed by atoms with Crippen LogP contribution in [-0.2, 0) is 16.6 Å². The van der Waals surface area contributed by atoms with E-state index in [1.165, 1.54) is 22.2 Å². The summed E-state index contributed by atoms with van der Waals surface area (Å²) in [6, 6.07) is 8.64. The number of carbonyl (C=O) groups excluding carboxylic acids is 1. The third-order valence-electron chi connectivity index (χ3n) is 8.44. The summed E-state index contributed by atoms with van der Waals surface area (Å²) in [4.78, 5) is 19.6. The molecule has 2 bridgehead atoms. The van der Waals surface area contributed by atoms with Crippen LogP contribution in [0.15, 0.2) is 24.3 Å². The lowest BCUT2D eigenvalue weighted by Crippen LogP contribution is -2.83. The minimum Gasteiger partial charge on any atom is -0.358 e.